The highest BCUT2D eigenvalue weighted by Gasteiger charge is 2.17. The molecule has 0 bridgehead atoms. The predicted molar refractivity (Wildman–Crippen MR) is 69.6 cm³/mol. The van der Waals surface area contributed by atoms with Crippen LogP contribution in [0.1, 0.15) is 24.8 Å². The minimum atomic E-state index is 0.0377. The molecule has 1 fully saturated rings. The number of benzene rings is 1. The van der Waals surface area contributed by atoms with Gasteiger partial charge in [0.05, 0.1) is 0 Å². The Hall–Kier alpha value is -1.55. The minimum absolute atomic E-state index is 0.0377. The van der Waals surface area contributed by atoms with E-state index in [1.165, 1.54) is 0 Å². The Kier molecular flexibility index (Phi) is 4.20. The predicted octanol–water partition coefficient (Wildman–Crippen LogP) is 2.46. The van der Waals surface area contributed by atoms with E-state index in [0.29, 0.717) is 12.3 Å². The first-order valence-corrected chi connectivity index (χ1v) is 6.32. The van der Waals surface area contributed by atoms with Crippen molar-refractivity contribution in [3.05, 3.63) is 23.8 Å². The zero-order valence-electron chi connectivity index (χ0n) is 10.6. The topological polar surface area (TPSA) is 58.6 Å². The van der Waals surface area contributed by atoms with Crippen LogP contribution in [0.15, 0.2) is 18.2 Å². The van der Waals surface area contributed by atoms with Crippen LogP contribution in [0.5, 0.6) is 5.75 Å². The minimum Gasteiger partial charge on any atom is -0.508 e. The lowest BCUT2D eigenvalue weighted by atomic mass is 9.96. The molecule has 98 valence electrons. The summed E-state index contributed by atoms with van der Waals surface area (Å²) in [6, 6.07) is 4.95. The van der Waals surface area contributed by atoms with Crippen molar-refractivity contribution < 1.29 is 14.6 Å². The number of carbonyl (C=O) groups is 1. The molecular weight excluding hydrogens is 230 g/mol. The van der Waals surface area contributed by atoms with Gasteiger partial charge in [0.2, 0.25) is 5.91 Å². The van der Waals surface area contributed by atoms with Gasteiger partial charge < -0.3 is 15.2 Å². The molecule has 1 heterocycles. The van der Waals surface area contributed by atoms with E-state index < -0.39 is 0 Å². The second-order valence-corrected chi connectivity index (χ2v) is 4.81. The number of hydrogen-bond acceptors (Lipinski definition) is 3. The molecule has 0 unspecified atom stereocenters. The van der Waals surface area contributed by atoms with E-state index in [4.69, 9.17) is 4.74 Å². The smallest absolute Gasteiger partial charge is 0.224 e. The van der Waals surface area contributed by atoms with Gasteiger partial charge in [-0.15, -0.1) is 0 Å². The second kappa shape index (κ2) is 5.87. The van der Waals surface area contributed by atoms with Crippen LogP contribution in [0.25, 0.3) is 0 Å². The summed E-state index contributed by atoms with van der Waals surface area (Å²) < 4.78 is 5.27. The molecule has 2 rings (SSSR count). The van der Waals surface area contributed by atoms with Crippen LogP contribution in [0.2, 0.25) is 0 Å². The summed E-state index contributed by atoms with van der Waals surface area (Å²) in [6.07, 6.45) is 2.47. The van der Waals surface area contributed by atoms with Crippen LogP contribution in [0, 0.1) is 12.8 Å². The van der Waals surface area contributed by atoms with E-state index in [2.05, 4.69) is 5.32 Å². The highest BCUT2D eigenvalue weighted by Crippen LogP contribution is 2.22. The first-order valence-electron chi connectivity index (χ1n) is 6.32. The monoisotopic (exact) mass is 249 g/mol. The molecule has 1 aliphatic rings. The number of phenolic OH excluding ortho intramolecular Hbond substituents is 1. The lowest BCUT2D eigenvalue weighted by Crippen LogP contribution is -2.22. The quantitative estimate of drug-likeness (QED) is 0.809. The molecule has 1 aromatic carbocycles. The number of ether oxygens (including phenoxy) is 1. The van der Waals surface area contributed by atoms with Gasteiger partial charge in [-0.05, 0) is 49.4 Å². The van der Waals surface area contributed by atoms with E-state index in [1.807, 2.05) is 6.92 Å². The van der Waals surface area contributed by atoms with E-state index >= 15 is 0 Å². The number of hydrogen-bond donors (Lipinski definition) is 2. The molecule has 4 heteroatoms. The summed E-state index contributed by atoms with van der Waals surface area (Å²) in [5, 5.41) is 12.2. The molecule has 1 saturated heterocycles. The lowest BCUT2D eigenvalue weighted by Gasteiger charge is -2.21. The molecule has 2 N–H and O–H groups in total. The molecule has 1 aliphatic heterocycles. The van der Waals surface area contributed by atoms with Gasteiger partial charge in [-0.25, -0.2) is 0 Å². The molecule has 4 nitrogen and oxygen atoms in total. The van der Waals surface area contributed by atoms with Gasteiger partial charge in [-0.1, -0.05) is 0 Å². The zero-order chi connectivity index (χ0) is 13.0. The van der Waals surface area contributed by atoms with Crippen LogP contribution in [0.4, 0.5) is 5.69 Å². The fourth-order valence-electron chi connectivity index (χ4n) is 2.20. The summed E-state index contributed by atoms with van der Waals surface area (Å²) >= 11 is 0. The van der Waals surface area contributed by atoms with Gasteiger partial charge in [-0.3, -0.25) is 4.79 Å². The normalized spacial score (nSPS) is 16.5. The molecule has 0 radical (unpaired) electrons. The molecule has 0 aliphatic carbocycles. The van der Waals surface area contributed by atoms with Crippen molar-refractivity contribution in [1.82, 2.24) is 0 Å². The lowest BCUT2D eigenvalue weighted by molar-refractivity contribution is -0.117. The van der Waals surface area contributed by atoms with Crippen LogP contribution in [0.3, 0.4) is 0 Å². The number of aryl methyl sites for hydroxylation is 1. The molecule has 0 saturated carbocycles. The van der Waals surface area contributed by atoms with Crippen LogP contribution in [-0.2, 0) is 9.53 Å². The highest BCUT2D eigenvalue weighted by molar-refractivity contribution is 5.91. The Morgan fingerprint density at radius 1 is 1.44 bits per heavy atom. The van der Waals surface area contributed by atoms with Crippen molar-refractivity contribution in [1.29, 1.82) is 0 Å². The number of amides is 1. The maximum atomic E-state index is 11.9. The highest BCUT2D eigenvalue weighted by atomic mass is 16.5. The van der Waals surface area contributed by atoms with Crippen molar-refractivity contribution in [2.24, 2.45) is 5.92 Å². The van der Waals surface area contributed by atoms with Gasteiger partial charge in [0.1, 0.15) is 5.75 Å². The Labute approximate surface area is 107 Å². The van der Waals surface area contributed by atoms with Crippen molar-refractivity contribution in [3.8, 4) is 5.75 Å². The maximum Gasteiger partial charge on any atom is 0.224 e. The van der Waals surface area contributed by atoms with E-state index in [0.717, 1.165) is 37.3 Å². The Bertz CT molecular complexity index is 425. The van der Waals surface area contributed by atoms with Gasteiger partial charge in [0.25, 0.3) is 0 Å². The summed E-state index contributed by atoms with van der Waals surface area (Å²) in [7, 11) is 0. The summed E-state index contributed by atoms with van der Waals surface area (Å²) in [6.45, 7) is 3.39. The standard InChI is InChI=1S/C14H19NO3/c1-10-8-12(16)2-3-13(10)15-14(17)9-11-4-6-18-7-5-11/h2-3,8,11,16H,4-7,9H2,1H3,(H,15,17). The number of rotatable bonds is 3. The Morgan fingerprint density at radius 3 is 2.83 bits per heavy atom. The Balaban J connectivity index is 1.90. The second-order valence-electron chi connectivity index (χ2n) is 4.81. The zero-order valence-corrected chi connectivity index (χ0v) is 10.6. The van der Waals surface area contributed by atoms with Gasteiger partial charge in [0, 0.05) is 25.3 Å². The van der Waals surface area contributed by atoms with Crippen molar-refractivity contribution in [2.45, 2.75) is 26.2 Å². The fraction of sp³-hybridized carbons (Fsp3) is 0.500. The molecular formula is C14H19NO3. The summed E-state index contributed by atoms with van der Waals surface area (Å²) in [5.74, 6) is 0.682. The average molecular weight is 249 g/mol. The molecule has 0 atom stereocenters. The maximum absolute atomic E-state index is 11.9. The Morgan fingerprint density at radius 2 is 2.17 bits per heavy atom. The molecule has 0 spiro atoms. The van der Waals surface area contributed by atoms with Crippen molar-refractivity contribution in [2.75, 3.05) is 18.5 Å². The van der Waals surface area contributed by atoms with Gasteiger partial charge >= 0.3 is 0 Å². The summed E-state index contributed by atoms with van der Waals surface area (Å²) in [5.41, 5.74) is 1.64. The van der Waals surface area contributed by atoms with Crippen molar-refractivity contribution in [3.63, 3.8) is 0 Å². The fourth-order valence-corrected chi connectivity index (χ4v) is 2.20. The number of carbonyl (C=O) groups excluding carboxylic acids is 1. The SMILES string of the molecule is Cc1cc(O)ccc1NC(=O)CC1CCOCC1. The van der Waals surface area contributed by atoms with E-state index in [1.54, 1.807) is 18.2 Å². The van der Waals surface area contributed by atoms with Crippen LogP contribution < -0.4 is 5.32 Å². The van der Waals surface area contributed by atoms with E-state index in [9.17, 15) is 9.90 Å². The third kappa shape index (κ3) is 3.47. The average Bonchev–Trinajstić information content (AvgIpc) is 2.34. The van der Waals surface area contributed by atoms with Gasteiger partial charge in [0.15, 0.2) is 0 Å². The van der Waals surface area contributed by atoms with E-state index in [-0.39, 0.29) is 11.7 Å². The molecule has 18 heavy (non-hydrogen) atoms. The molecule has 1 amide bonds. The third-order valence-electron chi connectivity index (χ3n) is 3.30. The number of anilines is 1. The number of aromatic hydroxyl groups is 1. The van der Waals surface area contributed by atoms with Crippen LogP contribution in [-0.4, -0.2) is 24.2 Å². The first-order chi connectivity index (χ1) is 8.65. The van der Waals surface area contributed by atoms with Crippen LogP contribution >= 0.6 is 0 Å². The number of phenols is 1. The molecule has 1 aromatic rings. The first kappa shape index (κ1) is 12.9. The van der Waals surface area contributed by atoms with Crippen molar-refractivity contribution >= 4 is 11.6 Å². The third-order valence-corrected chi connectivity index (χ3v) is 3.30. The largest absolute Gasteiger partial charge is 0.508 e. The van der Waals surface area contributed by atoms with Gasteiger partial charge in [-0.2, -0.15) is 0 Å². The number of nitrogens with one attached hydrogen (secondary N) is 1. The summed E-state index contributed by atoms with van der Waals surface area (Å²) in [4.78, 5) is 11.9. The molecule has 0 aromatic heterocycles.